The van der Waals surface area contributed by atoms with Gasteiger partial charge in [0.1, 0.15) is 0 Å². The van der Waals surface area contributed by atoms with Crippen molar-refractivity contribution in [2.45, 2.75) is 12.8 Å². The van der Waals surface area contributed by atoms with Crippen molar-refractivity contribution in [3.63, 3.8) is 0 Å². The average molecular weight is 561 g/mol. The van der Waals surface area contributed by atoms with E-state index < -0.39 is 0 Å². The van der Waals surface area contributed by atoms with E-state index in [1.807, 2.05) is 0 Å². The molecule has 0 atom stereocenters. The van der Waals surface area contributed by atoms with Crippen molar-refractivity contribution in [3.8, 4) is 11.4 Å². The summed E-state index contributed by atoms with van der Waals surface area (Å²) in [7, 11) is 0. The molecule has 9 aromatic rings. The summed E-state index contributed by atoms with van der Waals surface area (Å²) >= 11 is 0. The first-order chi connectivity index (χ1) is 21.9. The number of rotatable bonds is 2. The molecular weight excluding hydrogens is 532 g/mol. The second-order valence-electron chi connectivity index (χ2n) is 12.0. The molecule has 0 unspecified atom stereocenters. The summed E-state index contributed by atoms with van der Waals surface area (Å²) in [6, 6.07) is 49.0. The summed E-state index contributed by atoms with van der Waals surface area (Å²) < 4.78 is 5.07. The summed E-state index contributed by atoms with van der Waals surface area (Å²) in [5.41, 5.74) is 10.3. The normalized spacial score (nSPS) is 13.2. The number of aromatic nitrogens is 2. The monoisotopic (exact) mass is 560 g/mol. The van der Waals surface area contributed by atoms with Gasteiger partial charge in [-0.2, -0.15) is 0 Å². The Morgan fingerprint density at radius 3 is 2.05 bits per heavy atom. The highest BCUT2D eigenvalue weighted by molar-refractivity contribution is 6.32. The van der Waals surface area contributed by atoms with Crippen LogP contribution in [-0.2, 0) is 6.42 Å². The van der Waals surface area contributed by atoms with E-state index in [4.69, 9.17) is 0 Å². The lowest BCUT2D eigenvalue weighted by molar-refractivity contribution is 0.988. The van der Waals surface area contributed by atoms with E-state index in [2.05, 4.69) is 155 Å². The number of para-hydroxylation sites is 2. The summed E-state index contributed by atoms with van der Waals surface area (Å²) in [6.45, 7) is 0. The highest BCUT2D eigenvalue weighted by Gasteiger charge is 2.27. The fourth-order valence-electron chi connectivity index (χ4n) is 7.90. The van der Waals surface area contributed by atoms with Crippen LogP contribution < -0.4 is 0 Å². The molecule has 206 valence electrons. The third-order valence-electron chi connectivity index (χ3n) is 9.70. The van der Waals surface area contributed by atoms with E-state index in [9.17, 15) is 0 Å². The Bertz CT molecular complexity index is 2650. The Balaban J connectivity index is 1.52. The molecule has 0 fully saturated rings. The number of hydrogen-bond donors (Lipinski definition) is 0. The summed E-state index contributed by atoms with van der Waals surface area (Å²) in [4.78, 5) is 0. The highest BCUT2D eigenvalue weighted by atomic mass is 15.0. The van der Waals surface area contributed by atoms with E-state index in [0.29, 0.717) is 0 Å². The Kier molecular flexibility index (Phi) is 4.86. The van der Waals surface area contributed by atoms with Gasteiger partial charge in [-0.3, -0.25) is 0 Å². The molecule has 0 amide bonds. The molecule has 0 saturated carbocycles. The molecule has 2 aromatic heterocycles. The average Bonchev–Trinajstić information content (AvgIpc) is 3.63. The van der Waals surface area contributed by atoms with E-state index >= 15 is 0 Å². The lowest BCUT2D eigenvalue weighted by Gasteiger charge is -2.19. The molecule has 2 nitrogen and oxygen atoms in total. The third-order valence-corrected chi connectivity index (χ3v) is 9.70. The van der Waals surface area contributed by atoms with Gasteiger partial charge in [0.15, 0.2) is 0 Å². The predicted molar refractivity (Wildman–Crippen MR) is 187 cm³/mol. The first kappa shape index (κ1) is 23.9. The molecule has 2 heteroatoms. The molecule has 10 rings (SSSR count). The molecule has 0 N–H and O–H groups in total. The van der Waals surface area contributed by atoms with Gasteiger partial charge in [-0.15, -0.1) is 0 Å². The van der Waals surface area contributed by atoms with E-state index in [0.717, 1.165) is 12.8 Å². The SMILES string of the molecule is C1=Cc2c(c3c(c4ccccc4n3-c3ccc4ccccc4c3)c3c2c2c4ccccc4ccc2n3-c2ccccc2)CC1. The fraction of sp³-hybridized carbons (Fsp3) is 0.0476. The lowest BCUT2D eigenvalue weighted by Crippen LogP contribution is -2.03. The minimum absolute atomic E-state index is 1.02. The number of allylic oxidation sites excluding steroid dienone is 1. The Morgan fingerprint density at radius 1 is 0.455 bits per heavy atom. The molecule has 44 heavy (non-hydrogen) atoms. The maximum atomic E-state index is 2.54. The van der Waals surface area contributed by atoms with Crippen molar-refractivity contribution in [2.24, 2.45) is 0 Å². The van der Waals surface area contributed by atoms with Crippen molar-refractivity contribution >= 4 is 71.2 Å². The second-order valence-corrected chi connectivity index (χ2v) is 12.0. The van der Waals surface area contributed by atoms with Gasteiger partial charge in [-0.25, -0.2) is 0 Å². The van der Waals surface area contributed by atoms with Gasteiger partial charge in [0.05, 0.1) is 22.1 Å². The molecule has 0 radical (unpaired) electrons. The maximum absolute atomic E-state index is 2.54. The zero-order chi connectivity index (χ0) is 28.8. The predicted octanol–water partition coefficient (Wildman–Crippen LogP) is 11.1. The van der Waals surface area contributed by atoms with Gasteiger partial charge >= 0.3 is 0 Å². The molecule has 7 aromatic carbocycles. The van der Waals surface area contributed by atoms with Crippen LogP contribution >= 0.6 is 0 Å². The van der Waals surface area contributed by atoms with Crippen LogP contribution in [0.3, 0.4) is 0 Å². The third kappa shape index (κ3) is 3.15. The maximum Gasteiger partial charge on any atom is 0.0647 e. The molecule has 0 spiro atoms. The van der Waals surface area contributed by atoms with E-state index in [1.54, 1.807) is 0 Å². The second kappa shape index (κ2) is 8.95. The van der Waals surface area contributed by atoms with Crippen LogP contribution in [0.15, 0.2) is 140 Å². The van der Waals surface area contributed by atoms with Crippen molar-refractivity contribution in [1.29, 1.82) is 0 Å². The molecule has 0 bridgehead atoms. The van der Waals surface area contributed by atoms with Crippen LogP contribution in [0.1, 0.15) is 17.5 Å². The number of nitrogens with zero attached hydrogens (tertiary/aromatic N) is 2. The molecule has 0 aliphatic heterocycles. The van der Waals surface area contributed by atoms with E-state index in [-0.39, 0.29) is 0 Å². The standard InChI is InChI=1S/C42H28N2/c1-2-15-30(16-3-1)43-37-25-23-28-13-6-7-17-32(28)38(37)39-33-18-8-9-19-34(33)41-40(42(39)43)35-20-10-11-21-36(35)44(41)31-24-22-27-12-4-5-14-29(27)26-31/h1-8,10-18,20-26H,9,19H2. The number of benzene rings is 7. The minimum Gasteiger partial charge on any atom is -0.309 e. The summed E-state index contributed by atoms with van der Waals surface area (Å²) in [6.07, 6.45) is 6.84. The van der Waals surface area contributed by atoms with Crippen molar-refractivity contribution in [3.05, 3.63) is 151 Å². The summed E-state index contributed by atoms with van der Waals surface area (Å²) in [5, 5.41) is 10.4. The van der Waals surface area contributed by atoms with Gasteiger partial charge in [0.2, 0.25) is 0 Å². The van der Waals surface area contributed by atoms with Crippen molar-refractivity contribution in [1.82, 2.24) is 9.13 Å². The number of hydrogen-bond acceptors (Lipinski definition) is 0. The van der Waals surface area contributed by atoms with E-state index in [1.165, 1.54) is 87.7 Å². The van der Waals surface area contributed by atoms with Crippen molar-refractivity contribution < 1.29 is 0 Å². The van der Waals surface area contributed by atoms with Crippen LogP contribution in [-0.4, -0.2) is 9.13 Å². The topological polar surface area (TPSA) is 9.86 Å². The quantitative estimate of drug-likeness (QED) is 0.199. The van der Waals surface area contributed by atoms with Gasteiger partial charge in [0.25, 0.3) is 0 Å². The first-order valence-corrected chi connectivity index (χ1v) is 15.5. The molecule has 2 heterocycles. The Morgan fingerprint density at radius 2 is 1.16 bits per heavy atom. The first-order valence-electron chi connectivity index (χ1n) is 15.5. The largest absolute Gasteiger partial charge is 0.309 e. The smallest absolute Gasteiger partial charge is 0.0647 e. The summed E-state index contributed by atoms with van der Waals surface area (Å²) in [5.74, 6) is 0. The van der Waals surface area contributed by atoms with Crippen LogP contribution in [0, 0.1) is 0 Å². The van der Waals surface area contributed by atoms with Crippen LogP contribution in [0.2, 0.25) is 0 Å². The highest BCUT2D eigenvalue weighted by Crippen LogP contribution is 2.48. The van der Waals surface area contributed by atoms with Gasteiger partial charge in [0, 0.05) is 32.9 Å². The van der Waals surface area contributed by atoms with Gasteiger partial charge < -0.3 is 9.13 Å². The lowest BCUT2D eigenvalue weighted by atomic mass is 9.89. The van der Waals surface area contributed by atoms with Gasteiger partial charge in [-0.05, 0) is 81.9 Å². The molecule has 0 saturated heterocycles. The number of fused-ring (bicyclic) bond motifs is 13. The molecular formula is C42H28N2. The van der Waals surface area contributed by atoms with Crippen LogP contribution in [0.5, 0.6) is 0 Å². The minimum atomic E-state index is 1.02. The Hall–Kier alpha value is -5.60. The molecule has 1 aliphatic carbocycles. The van der Waals surface area contributed by atoms with Gasteiger partial charge in [-0.1, -0.05) is 109 Å². The van der Waals surface area contributed by atoms with Crippen molar-refractivity contribution in [2.75, 3.05) is 0 Å². The zero-order valence-corrected chi connectivity index (χ0v) is 24.2. The number of aryl methyl sites for hydroxylation is 1. The van der Waals surface area contributed by atoms with Crippen LogP contribution in [0.4, 0.5) is 0 Å². The molecule has 1 aliphatic rings. The fourth-order valence-corrected chi connectivity index (χ4v) is 7.90. The Labute approximate surface area is 254 Å². The van der Waals surface area contributed by atoms with Crippen LogP contribution in [0.25, 0.3) is 82.6 Å². The zero-order valence-electron chi connectivity index (χ0n) is 24.2.